The standard InChI is InChI=1S/C33H29ClN2O5/c1-3-39-30(37)18-22-8-10-23(11-9-22)25-12-13-27-20-28(15-14-26(27)19-25)32-31(21(2)36-41-32)35-33(38)40-17-16-24-6-4-5-7-29(24)34/h4-15,19-20H,3,16-18H2,1-2H3,(H,35,38). The molecule has 0 saturated heterocycles. The minimum absolute atomic E-state index is 0.182. The van der Waals surface area contributed by atoms with Crippen LogP contribution in [0, 0.1) is 6.92 Å². The van der Waals surface area contributed by atoms with Crippen LogP contribution in [0.3, 0.4) is 0 Å². The predicted octanol–water partition coefficient (Wildman–Crippen LogP) is 8.02. The van der Waals surface area contributed by atoms with Crippen LogP contribution in [0.2, 0.25) is 5.02 Å². The number of benzene rings is 4. The Kier molecular flexibility index (Phi) is 8.65. The van der Waals surface area contributed by atoms with E-state index in [0.29, 0.717) is 35.2 Å². The summed E-state index contributed by atoms with van der Waals surface area (Å²) in [7, 11) is 0. The molecule has 0 aliphatic carbocycles. The zero-order chi connectivity index (χ0) is 28.8. The molecule has 5 rings (SSSR count). The number of nitrogens with zero attached hydrogens (tertiary/aromatic N) is 1. The van der Waals surface area contributed by atoms with Gasteiger partial charge in [-0.3, -0.25) is 10.1 Å². The van der Waals surface area contributed by atoms with E-state index in [4.69, 9.17) is 25.6 Å². The van der Waals surface area contributed by atoms with E-state index in [1.807, 2.05) is 72.8 Å². The summed E-state index contributed by atoms with van der Waals surface area (Å²) in [4.78, 5) is 24.3. The van der Waals surface area contributed by atoms with Crippen LogP contribution in [-0.2, 0) is 27.1 Å². The van der Waals surface area contributed by atoms with Gasteiger partial charge < -0.3 is 14.0 Å². The van der Waals surface area contributed by atoms with Crippen molar-refractivity contribution >= 4 is 40.1 Å². The molecule has 0 bridgehead atoms. The lowest BCUT2D eigenvalue weighted by Gasteiger charge is -2.09. The second-order valence-electron chi connectivity index (χ2n) is 9.53. The van der Waals surface area contributed by atoms with E-state index in [1.54, 1.807) is 19.9 Å². The third-order valence-electron chi connectivity index (χ3n) is 6.70. The lowest BCUT2D eigenvalue weighted by atomic mass is 9.98. The van der Waals surface area contributed by atoms with Gasteiger partial charge in [-0.15, -0.1) is 0 Å². The van der Waals surface area contributed by atoms with Gasteiger partial charge in [0.15, 0.2) is 5.76 Å². The van der Waals surface area contributed by atoms with E-state index in [1.165, 1.54) is 0 Å². The van der Waals surface area contributed by atoms with E-state index in [2.05, 4.69) is 16.5 Å². The summed E-state index contributed by atoms with van der Waals surface area (Å²) in [6.07, 6.45) is 0.170. The third kappa shape index (κ3) is 6.76. The van der Waals surface area contributed by atoms with Crippen molar-refractivity contribution in [3.05, 3.63) is 107 Å². The molecule has 0 aliphatic heterocycles. The zero-order valence-electron chi connectivity index (χ0n) is 22.8. The highest BCUT2D eigenvalue weighted by molar-refractivity contribution is 6.31. The number of carbonyl (C=O) groups is 2. The summed E-state index contributed by atoms with van der Waals surface area (Å²) in [6, 6.07) is 27.5. The Hall–Kier alpha value is -4.62. The van der Waals surface area contributed by atoms with Crippen LogP contribution in [0.1, 0.15) is 23.7 Å². The molecule has 0 saturated carbocycles. The van der Waals surface area contributed by atoms with E-state index in [-0.39, 0.29) is 19.0 Å². The quantitative estimate of drug-likeness (QED) is 0.181. The summed E-state index contributed by atoms with van der Waals surface area (Å²) in [5.74, 6) is 0.223. The highest BCUT2D eigenvalue weighted by Gasteiger charge is 2.19. The van der Waals surface area contributed by atoms with Crippen LogP contribution < -0.4 is 5.32 Å². The van der Waals surface area contributed by atoms with Crippen molar-refractivity contribution in [3.63, 3.8) is 0 Å². The average Bonchev–Trinajstić information content (AvgIpc) is 3.33. The molecule has 8 heteroatoms. The Morgan fingerprint density at radius 2 is 1.56 bits per heavy atom. The number of amides is 1. The van der Waals surface area contributed by atoms with Gasteiger partial charge in [0.25, 0.3) is 0 Å². The minimum Gasteiger partial charge on any atom is -0.466 e. The number of ether oxygens (including phenoxy) is 2. The van der Waals surface area contributed by atoms with Crippen LogP contribution in [0.4, 0.5) is 10.5 Å². The summed E-state index contributed by atoms with van der Waals surface area (Å²) >= 11 is 6.18. The largest absolute Gasteiger partial charge is 0.466 e. The number of esters is 1. The van der Waals surface area contributed by atoms with E-state index < -0.39 is 6.09 Å². The number of aromatic nitrogens is 1. The Labute approximate surface area is 243 Å². The fraction of sp³-hybridized carbons (Fsp3) is 0.182. The maximum Gasteiger partial charge on any atom is 0.411 e. The summed E-state index contributed by atoms with van der Waals surface area (Å²) in [6.45, 7) is 4.12. The van der Waals surface area contributed by atoms with Crippen LogP contribution in [0.5, 0.6) is 0 Å². The van der Waals surface area contributed by atoms with Crippen molar-refractivity contribution < 1.29 is 23.6 Å². The number of fused-ring (bicyclic) bond motifs is 1. The van der Waals surface area contributed by atoms with Crippen LogP contribution in [-0.4, -0.2) is 30.4 Å². The number of aryl methyl sites for hydroxylation is 1. The molecule has 1 heterocycles. The van der Waals surface area contributed by atoms with Crippen LogP contribution >= 0.6 is 11.6 Å². The molecule has 0 aliphatic rings. The molecule has 1 amide bonds. The van der Waals surface area contributed by atoms with Crippen LogP contribution in [0.15, 0.2) is 89.5 Å². The van der Waals surface area contributed by atoms with Crippen molar-refractivity contribution in [3.8, 4) is 22.5 Å². The Morgan fingerprint density at radius 1 is 0.878 bits per heavy atom. The molecule has 0 fully saturated rings. The molecule has 7 nitrogen and oxygen atoms in total. The van der Waals surface area contributed by atoms with E-state index >= 15 is 0 Å². The molecule has 1 aromatic heterocycles. The fourth-order valence-electron chi connectivity index (χ4n) is 4.57. The van der Waals surface area contributed by atoms with Gasteiger partial charge in [-0.25, -0.2) is 4.79 Å². The third-order valence-corrected chi connectivity index (χ3v) is 7.06. The maximum absolute atomic E-state index is 12.6. The van der Waals surface area contributed by atoms with Gasteiger partial charge >= 0.3 is 12.1 Å². The molecule has 0 atom stereocenters. The van der Waals surface area contributed by atoms with Gasteiger partial charge in [0, 0.05) is 17.0 Å². The number of hydrogen-bond acceptors (Lipinski definition) is 6. The first-order chi connectivity index (χ1) is 19.9. The second kappa shape index (κ2) is 12.7. The molecular formula is C33H29ClN2O5. The lowest BCUT2D eigenvalue weighted by Crippen LogP contribution is -2.16. The highest BCUT2D eigenvalue weighted by Crippen LogP contribution is 2.34. The van der Waals surface area contributed by atoms with Crippen molar-refractivity contribution in [2.24, 2.45) is 0 Å². The number of nitrogens with one attached hydrogen (secondary N) is 1. The average molecular weight is 569 g/mol. The number of halogens is 1. The topological polar surface area (TPSA) is 90.7 Å². The smallest absolute Gasteiger partial charge is 0.411 e. The molecule has 0 unspecified atom stereocenters. The first kappa shape index (κ1) is 27.9. The van der Waals surface area contributed by atoms with Gasteiger partial charge in [0.05, 0.1) is 19.6 Å². The Balaban J connectivity index is 1.28. The molecule has 4 aromatic carbocycles. The Bertz CT molecular complexity index is 1690. The summed E-state index contributed by atoms with van der Waals surface area (Å²) in [5.41, 5.74) is 5.72. The molecule has 0 radical (unpaired) electrons. The molecule has 5 aromatic rings. The number of anilines is 1. The zero-order valence-corrected chi connectivity index (χ0v) is 23.5. The van der Waals surface area contributed by atoms with Crippen molar-refractivity contribution in [2.45, 2.75) is 26.7 Å². The number of hydrogen-bond donors (Lipinski definition) is 1. The maximum atomic E-state index is 12.6. The monoisotopic (exact) mass is 568 g/mol. The van der Waals surface area contributed by atoms with Gasteiger partial charge in [-0.2, -0.15) is 0 Å². The van der Waals surface area contributed by atoms with Crippen molar-refractivity contribution in [1.29, 1.82) is 0 Å². The lowest BCUT2D eigenvalue weighted by molar-refractivity contribution is -0.142. The SMILES string of the molecule is CCOC(=O)Cc1ccc(-c2ccc3cc(-c4onc(C)c4NC(=O)OCCc4ccccc4Cl)ccc3c2)cc1. The Morgan fingerprint density at radius 3 is 2.29 bits per heavy atom. The molecule has 208 valence electrons. The van der Waals surface area contributed by atoms with Crippen molar-refractivity contribution in [1.82, 2.24) is 5.16 Å². The second-order valence-corrected chi connectivity index (χ2v) is 9.94. The first-order valence-electron chi connectivity index (χ1n) is 13.3. The van der Waals surface area contributed by atoms with Gasteiger partial charge in [-0.1, -0.05) is 83.5 Å². The molecule has 41 heavy (non-hydrogen) atoms. The van der Waals surface area contributed by atoms with E-state index in [9.17, 15) is 9.59 Å². The number of rotatable bonds is 9. The minimum atomic E-state index is -0.594. The first-order valence-corrected chi connectivity index (χ1v) is 13.7. The van der Waals surface area contributed by atoms with Crippen LogP contribution in [0.25, 0.3) is 33.2 Å². The molecular weight excluding hydrogens is 540 g/mol. The highest BCUT2D eigenvalue weighted by atomic mass is 35.5. The fourth-order valence-corrected chi connectivity index (χ4v) is 4.80. The summed E-state index contributed by atoms with van der Waals surface area (Å²) in [5, 5.41) is 9.54. The molecule has 1 N–H and O–H groups in total. The van der Waals surface area contributed by atoms with Gasteiger partial charge in [0.1, 0.15) is 11.4 Å². The summed E-state index contributed by atoms with van der Waals surface area (Å²) < 4.78 is 16.0. The van der Waals surface area contributed by atoms with E-state index in [0.717, 1.165) is 38.6 Å². The van der Waals surface area contributed by atoms with Crippen molar-refractivity contribution in [2.75, 3.05) is 18.5 Å². The predicted molar refractivity (Wildman–Crippen MR) is 160 cm³/mol. The van der Waals surface area contributed by atoms with Gasteiger partial charge in [0.2, 0.25) is 0 Å². The van der Waals surface area contributed by atoms with Gasteiger partial charge in [-0.05, 0) is 65.1 Å². The molecule has 0 spiro atoms. The number of carbonyl (C=O) groups excluding carboxylic acids is 2. The normalized spacial score (nSPS) is 10.9.